The first-order valence-corrected chi connectivity index (χ1v) is 11.1. The molecule has 0 bridgehead atoms. The van der Waals surface area contributed by atoms with E-state index < -0.39 is 5.97 Å². The lowest BCUT2D eigenvalue weighted by Crippen LogP contribution is -2.29. The molecule has 1 N–H and O–H groups in total. The van der Waals surface area contributed by atoms with Crippen LogP contribution in [-0.4, -0.2) is 38.2 Å². The van der Waals surface area contributed by atoms with Gasteiger partial charge in [-0.2, -0.15) is 0 Å². The Hall–Kier alpha value is -2.80. The van der Waals surface area contributed by atoms with Gasteiger partial charge in [-0.1, -0.05) is 11.6 Å². The molecule has 0 spiro atoms. The third kappa shape index (κ3) is 5.21. The zero-order valence-corrected chi connectivity index (χ0v) is 17.6. The summed E-state index contributed by atoms with van der Waals surface area (Å²) >= 11 is 1.32. The zero-order chi connectivity index (χ0) is 20.8. The highest BCUT2D eigenvalue weighted by Crippen LogP contribution is 2.37. The van der Waals surface area contributed by atoms with Crippen LogP contribution in [0, 0.1) is 0 Å². The van der Waals surface area contributed by atoms with Gasteiger partial charge >= 0.3 is 5.97 Å². The van der Waals surface area contributed by atoms with Gasteiger partial charge in [-0.3, -0.25) is 4.79 Å². The molecular formula is C23H25NO5S. The maximum atomic E-state index is 12.3. The number of nitrogens with one attached hydrogen (secondary N) is 1. The Balaban J connectivity index is 1.26. The average Bonchev–Trinajstić information content (AvgIpc) is 3.28. The molecule has 0 saturated carbocycles. The van der Waals surface area contributed by atoms with Crippen molar-refractivity contribution in [3.05, 3.63) is 46.9 Å². The van der Waals surface area contributed by atoms with Crippen LogP contribution in [0.5, 0.6) is 11.5 Å². The van der Waals surface area contributed by atoms with Crippen LogP contribution < -0.4 is 14.8 Å². The molecule has 0 atom stereocenters. The number of esters is 1. The third-order valence-electron chi connectivity index (χ3n) is 5.12. The van der Waals surface area contributed by atoms with Crippen molar-refractivity contribution < 1.29 is 23.8 Å². The van der Waals surface area contributed by atoms with Gasteiger partial charge in [0.05, 0.1) is 0 Å². The minimum absolute atomic E-state index is 0.269. The molecule has 4 rings (SSSR count). The van der Waals surface area contributed by atoms with E-state index >= 15 is 0 Å². The van der Waals surface area contributed by atoms with Crippen molar-refractivity contribution in [1.29, 1.82) is 0 Å². The highest BCUT2D eigenvalue weighted by Gasteiger charge is 2.16. The monoisotopic (exact) mass is 427 g/mol. The maximum absolute atomic E-state index is 12.3. The lowest BCUT2D eigenvalue weighted by Gasteiger charge is -2.18. The molecule has 7 heteroatoms. The number of ether oxygens (including phenoxy) is 3. The van der Waals surface area contributed by atoms with Crippen molar-refractivity contribution in [2.45, 2.75) is 32.1 Å². The first kappa shape index (κ1) is 20.5. The number of hydrogen-bond acceptors (Lipinski definition) is 6. The van der Waals surface area contributed by atoms with Crippen LogP contribution in [0.1, 0.15) is 41.8 Å². The van der Waals surface area contributed by atoms with E-state index in [1.54, 1.807) is 6.07 Å². The van der Waals surface area contributed by atoms with E-state index in [-0.39, 0.29) is 12.5 Å². The lowest BCUT2D eigenvalue weighted by atomic mass is 9.97. The van der Waals surface area contributed by atoms with Crippen molar-refractivity contribution in [3.63, 3.8) is 0 Å². The molecule has 30 heavy (non-hydrogen) atoms. The molecule has 158 valence electrons. The first-order valence-electron chi connectivity index (χ1n) is 10.3. The van der Waals surface area contributed by atoms with Gasteiger partial charge in [0, 0.05) is 11.4 Å². The smallest absolute Gasteiger partial charge is 0.348 e. The predicted molar refractivity (Wildman–Crippen MR) is 115 cm³/mol. The second kappa shape index (κ2) is 9.80. The predicted octanol–water partition coefficient (Wildman–Crippen LogP) is 4.35. The van der Waals surface area contributed by atoms with Crippen LogP contribution in [-0.2, 0) is 9.53 Å². The van der Waals surface area contributed by atoms with E-state index in [1.165, 1.54) is 29.8 Å². The summed E-state index contributed by atoms with van der Waals surface area (Å²) < 4.78 is 16.3. The normalized spacial score (nSPS) is 15.3. The van der Waals surface area contributed by atoms with Crippen LogP contribution >= 0.6 is 11.3 Å². The fraction of sp³-hybridized carbons (Fsp3) is 0.391. The van der Waals surface area contributed by atoms with Crippen LogP contribution in [0.2, 0.25) is 0 Å². The van der Waals surface area contributed by atoms with Gasteiger partial charge in [0.15, 0.2) is 18.1 Å². The van der Waals surface area contributed by atoms with Crippen LogP contribution in [0.3, 0.4) is 0 Å². The highest BCUT2D eigenvalue weighted by molar-refractivity contribution is 7.17. The van der Waals surface area contributed by atoms with Crippen LogP contribution in [0.15, 0.2) is 42.0 Å². The third-order valence-corrected chi connectivity index (χ3v) is 6.24. The summed E-state index contributed by atoms with van der Waals surface area (Å²) in [4.78, 5) is 25.6. The number of carbonyl (C=O) groups is 2. The van der Waals surface area contributed by atoms with E-state index in [1.807, 2.05) is 24.3 Å². The van der Waals surface area contributed by atoms with Gasteiger partial charge in [0.25, 0.3) is 5.91 Å². The van der Waals surface area contributed by atoms with Gasteiger partial charge < -0.3 is 19.5 Å². The van der Waals surface area contributed by atoms with E-state index in [2.05, 4.69) is 11.4 Å². The van der Waals surface area contributed by atoms with Crippen molar-refractivity contribution in [1.82, 2.24) is 5.32 Å². The summed E-state index contributed by atoms with van der Waals surface area (Å²) in [5.74, 6) is 0.668. The molecule has 0 unspecified atom stereocenters. The fourth-order valence-electron chi connectivity index (χ4n) is 3.55. The molecule has 1 aromatic carbocycles. The molecule has 1 aliphatic heterocycles. The van der Waals surface area contributed by atoms with Gasteiger partial charge in [0.2, 0.25) is 0 Å². The van der Waals surface area contributed by atoms with Crippen molar-refractivity contribution >= 4 is 23.2 Å². The quantitative estimate of drug-likeness (QED) is 0.525. The van der Waals surface area contributed by atoms with Crippen molar-refractivity contribution in [2.75, 3.05) is 26.4 Å². The Bertz CT molecular complexity index is 949. The van der Waals surface area contributed by atoms with E-state index in [0.717, 1.165) is 35.5 Å². The second-order valence-corrected chi connectivity index (χ2v) is 8.39. The average molecular weight is 428 g/mol. The van der Waals surface area contributed by atoms with Gasteiger partial charge in [-0.15, -0.1) is 11.3 Å². The molecular weight excluding hydrogens is 402 g/mol. The number of amides is 1. The summed E-state index contributed by atoms with van der Waals surface area (Å²) in [5, 5.41) is 2.82. The molecule has 1 amide bonds. The number of thiophene rings is 1. The topological polar surface area (TPSA) is 73.9 Å². The van der Waals surface area contributed by atoms with Crippen LogP contribution in [0.4, 0.5) is 0 Å². The number of allylic oxidation sites excluding steroid dienone is 1. The highest BCUT2D eigenvalue weighted by atomic mass is 32.1. The van der Waals surface area contributed by atoms with E-state index in [0.29, 0.717) is 30.4 Å². The number of hydrogen-bond donors (Lipinski definition) is 1. The van der Waals surface area contributed by atoms with Crippen molar-refractivity contribution in [2.24, 2.45) is 0 Å². The summed E-state index contributed by atoms with van der Waals surface area (Å²) in [5.41, 5.74) is 2.35. The Morgan fingerprint density at radius 3 is 2.77 bits per heavy atom. The van der Waals surface area contributed by atoms with Crippen LogP contribution in [0.25, 0.3) is 10.4 Å². The molecule has 1 aliphatic carbocycles. The Morgan fingerprint density at radius 1 is 1.07 bits per heavy atom. The fourth-order valence-corrected chi connectivity index (χ4v) is 4.44. The lowest BCUT2D eigenvalue weighted by molar-refractivity contribution is -0.124. The van der Waals surface area contributed by atoms with Gasteiger partial charge in [-0.25, -0.2) is 4.79 Å². The Labute approximate surface area is 179 Å². The summed E-state index contributed by atoms with van der Waals surface area (Å²) in [6, 6.07) is 9.29. The summed E-state index contributed by atoms with van der Waals surface area (Å²) in [6.07, 6.45) is 7.87. The molecule has 2 aliphatic rings. The molecule has 0 fully saturated rings. The molecule has 6 nitrogen and oxygen atoms in total. The molecule has 0 saturated heterocycles. The van der Waals surface area contributed by atoms with Gasteiger partial charge in [-0.05, 0) is 68.0 Å². The van der Waals surface area contributed by atoms with Crippen molar-refractivity contribution in [3.8, 4) is 21.9 Å². The summed E-state index contributed by atoms with van der Waals surface area (Å²) in [6.45, 7) is 1.38. The first-order chi connectivity index (χ1) is 14.7. The molecule has 2 aromatic rings. The van der Waals surface area contributed by atoms with E-state index in [9.17, 15) is 9.59 Å². The summed E-state index contributed by atoms with van der Waals surface area (Å²) in [7, 11) is 0. The minimum Gasteiger partial charge on any atom is -0.486 e. The number of rotatable bonds is 7. The molecule has 1 aromatic heterocycles. The largest absolute Gasteiger partial charge is 0.486 e. The SMILES string of the molecule is O=C(COC(=O)c1ccc(-c2ccc3c(c2)OCCO3)s1)NCCC1=CCCCC1. The zero-order valence-electron chi connectivity index (χ0n) is 16.8. The Kier molecular flexibility index (Phi) is 6.69. The number of fused-ring (bicyclic) bond motifs is 1. The molecule has 2 heterocycles. The second-order valence-electron chi connectivity index (χ2n) is 7.31. The van der Waals surface area contributed by atoms with E-state index in [4.69, 9.17) is 14.2 Å². The molecule has 0 radical (unpaired) electrons. The van der Waals surface area contributed by atoms with Gasteiger partial charge in [0.1, 0.15) is 18.1 Å². The standard InChI is InChI=1S/C23H25NO5S/c25-22(24-11-10-16-4-2-1-3-5-16)15-29-23(26)21-9-8-20(30-21)17-6-7-18-19(14-17)28-13-12-27-18/h4,6-9,14H,1-3,5,10-13,15H2,(H,24,25). The maximum Gasteiger partial charge on any atom is 0.348 e. The number of benzene rings is 1. The Morgan fingerprint density at radius 2 is 1.93 bits per heavy atom. The number of carbonyl (C=O) groups excluding carboxylic acids is 2. The minimum atomic E-state index is -0.492.